The highest BCUT2D eigenvalue weighted by Gasteiger charge is 2.24. The van der Waals surface area contributed by atoms with Gasteiger partial charge >= 0.3 is 0 Å². The fraction of sp³-hybridized carbons (Fsp3) is 0.571. The van der Waals surface area contributed by atoms with Gasteiger partial charge in [-0.2, -0.15) is 0 Å². The summed E-state index contributed by atoms with van der Waals surface area (Å²) in [7, 11) is 0. The van der Waals surface area contributed by atoms with E-state index in [1.807, 2.05) is 0 Å². The molecule has 1 aliphatic heterocycles. The molecule has 1 aromatic carbocycles. The molecule has 0 aromatic heterocycles. The Balaban J connectivity index is 2.01. The van der Waals surface area contributed by atoms with Crippen LogP contribution in [-0.2, 0) is 19.3 Å². The van der Waals surface area contributed by atoms with Crippen molar-refractivity contribution in [2.45, 2.75) is 44.6 Å². The zero-order chi connectivity index (χ0) is 11.0. The van der Waals surface area contributed by atoms with Gasteiger partial charge in [0.1, 0.15) is 11.9 Å². The van der Waals surface area contributed by atoms with Crippen LogP contribution in [0.3, 0.4) is 0 Å². The summed E-state index contributed by atoms with van der Waals surface area (Å²) in [6, 6.07) is 4.56. The van der Waals surface area contributed by atoms with E-state index in [0.29, 0.717) is 6.54 Å². The van der Waals surface area contributed by atoms with Crippen molar-refractivity contribution in [1.82, 2.24) is 0 Å². The minimum Gasteiger partial charge on any atom is -0.489 e. The lowest BCUT2D eigenvalue weighted by Gasteiger charge is -2.29. The van der Waals surface area contributed by atoms with Crippen LogP contribution in [0.15, 0.2) is 12.1 Å². The number of ether oxygens (including phenoxy) is 1. The smallest absolute Gasteiger partial charge is 0.126 e. The normalized spacial score (nSPS) is 23.2. The molecule has 0 saturated carbocycles. The Morgan fingerprint density at radius 1 is 1.12 bits per heavy atom. The van der Waals surface area contributed by atoms with E-state index in [-0.39, 0.29) is 6.10 Å². The molecule has 1 atom stereocenters. The molecule has 0 amide bonds. The molecule has 0 bridgehead atoms. The predicted octanol–water partition coefficient (Wildman–Crippen LogP) is 2.22. The van der Waals surface area contributed by atoms with Crippen LogP contribution >= 0.6 is 0 Å². The minimum atomic E-state index is 0.237. The third kappa shape index (κ3) is 1.61. The van der Waals surface area contributed by atoms with Crippen LogP contribution in [0.4, 0.5) is 0 Å². The zero-order valence-electron chi connectivity index (χ0n) is 9.67. The maximum absolute atomic E-state index is 6.05. The fourth-order valence-electron chi connectivity index (χ4n) is 2.89. The highest BCUT2D eigenvalue weighted by atomic mass is 16.5. The van der Waals surface area contributed by atoms with Crippen LogP contribution < -0.4 is 10.5 Å². The summed E-state index contributed by atoms with van der Waals surface area (Å²) in [4.78, 5) is 0. The summed E-state index contributed by atoms with van der Waals surface area (Å²) >= 11 is 0. The number of hydrogen-bond acceptors (Lipinski definition) is 2. The highest BCUT2D eigenvalue weighted by Crippen LogP contribution is 2.36. The van der Waals surface area contributed by atoms with Crippen LogP contribution in [0.2, 0.25) is 0 Å². The second-order valence-electron chi connectivity index (χ2n) is 4.91. The van der Waals surface area contributed by atoms with Gasteiger partial charge in [-0.25, -0.2) is 0 Å². The highest BCUT2D eigenvalue weighted by molar-refractivity contribution is 5.48. The Labute approximate surface area is 96.8 Å². The standard InChI is InChI=1S/C14H19NO/c15-9-12-8-7-11-6-5-10-3-1-2-4-13(10)14(11)16-12/h5-6,12H,1-4,7-9,15H2. The molecule has 1 heterocycles. The second kappa shape index (κ2) is 4.10. The molecule has 3 rings (SSSR count). The molecule has 0 saturated heterocycles. The lowest BCUT2D eigenvalue weighted by Crippen LogP contribution is -2.31. The quantitative estimate of drug-likeness (QED) is 0.783. The molecule has 0 radical (unpaired) electrons. The van der Waals surface area contributed by atoms with Gasteiger partial charge in [0, 0.05) is 6.54 Å². The number of hydrogen-bond donors (Lipinski definition) is 1. The van der Waals surface area contributed by atoms with E-state index in [1.54, 1.807) is 0 Å². The molecule has 0 spiro atoms. The Bertz CT molecular complexity index is 400. The summed E-state index contributed by atoms with van der Waals surface area (Å²) in [5, 5.41) is 0. The molecule has 1 unspecified atom stereocenters. The lowest BCUT2D eigenvalue weighted by molar-refractivity contribution is 0.178. The van der Waals surface area contributed by atoms with E-state index in [4.69, 9.17) is 10.5 Å². The van der Waals surface area contributed by atoms with Crippen LogP contribution in [0.5, 0.6) is 5.75 Å². The number of benzene rings is 1. The van der Waals surface area contributed by atoms with Gasteiger partial charge in [-0.15, -0.1) is 0 Å². The van der Waals surface area contributed by atoms with E-state index >= 15 is 0 Å². The molecule has 1 aromatic rings. The van der Waals surface area contributed by atoms with Gasteiger partial charge in [0.15, 0.2) is 0 Å². The van der Waals surface area contributed by atoms with Crippen LogP contribution in [0.25, 0.3) is 0 Å². The first kappa shape index (κ1) is 10.2. The van der Waals surface area contributed by atoms with E-state index in [0.717, 1.165) is 12.8 Å². The first-order valence-electron chi connectivity index (χ1n) is 6.39. The molecular weight excluding hydrogens is 198 g/mol. The van der Waals surface area contributed by atoms with Crippen molar-refractivity contribution in [1.29, 1.82) is 0 Å². The average molecular weight is 217 g/mol. The maximum atomic E-state index is 6.05. The summed E-state index contributed by atoms with van der Waals surface area (Å²) < 4.78 is 6.05. The molecule has 16 heavy (non-hydrogen) atoms. The Hall–Kier alpha value is -1.02. The third-order valence-electron chi connectivity index (χ3n) is 3.85. The SMILES string of the molecule is NCC1CCc2ccc3c(c2O1)CCCC3. The van der Waals surface area contributed by atoms with Gasteiger partial charge in [0.05, 0.1) is 0 Å². The average Bonchev–Trinajstić information content (AvgIpc) is 2.38. The van der Waals surface area contributed by atoms with Crippen molar-refractivity contribution in [2.75, 3.05) is 6.54 Å². The van der Waals surface area contributed by atoms with Gasteiger partial charge in [-0.1, -0.05) is 12.1 Å². The van der Waals surface area contributed by atoms with Gasteiger partial charge in [-0.05, 0) is 55.2 Å². The van der Waals surface area contributed by atoms with Crippen molar-refractivity contribution < 1.29 is 4.74 Å². The van der Waals surface area contributed by atoms with E-state index in [9.17, 15) is 0 Å². The first-order chi connectivity index (χ1) is 7.88. The molecule has 2 heteroatoms. The molecule has 2 aliphatic rings. The summed E-state index contributed by atoms with van der Waals surface area (Å²) in [6.07, 6.45) is 7.48. The Kier molecular flexibility index (Phi) is 2.60. The van der Waals surface area contributed by atoms with Crippen LogP contribution in [0.1, 0.15) is 36.0 Å². The zero-order valence-corrected chi connectivity index (χ0v) is 9.67. The molecular formula is C14H19NO. The number of fused-ring (bicyclic) bond motifs is 3. The predicted molar refractivity (Wildman–Crippen MR) is 64.9 cm³/mol. The van der Waals surface area contributed by atoms with Gasteiger partial charge < -0.3 is 10.5 Å². The number of rotatable bonds is 1. The molecule has 2 N–H and O–H groups in total. The largest absolute Gasteiger partial charge is 0.489 e. The minimum absolute atomic E-state index is 0.237. The Morgan fingerprint density at radius 3 is 2.81 bits per heavy atom. The molecule has 0 fully saturated rings. The van der Waals surface area contributed by atoms with E-state index < -0.39 is 0 Å². The molecule has 86 valence electrons. The van der Waals surface area contributed by atoms with E-state index in [2.05, 4.69) is 12.1 Å². The lowest BCUT2D eigenvalue weighted by atomic mass is 9.87. The van der Waals surface area contributed by atoms with Crippen LogP contribution in [-0.4, -0.2) is 12.6 Å². The van der Waals surface area contributed by atoms with Crippen molar-refractivity contribution in [2.24, 2.45) is 5.73 Å². The number of nitrogens with two attached hydrogens (primary N) is 1. The topological polar surface area (TPSA) is 35.2 Å². The summed E-state index contributed by atoms with van der Waals surface area (Å²) in [6.45, 7) is 0.642. The summed E-state index contributed by atoms with van der Waals surface area (Å²) in [5.41, 5.74) is 10.1. The monoisotopic (exact) mass is 217 g/mol. The Morgan fingerprint density at radius 2 is 1.94 bits per heavy atom. The van der Waals surface area contributed by atoms with Gasteiger partial charge in [0.25, 0.3) is 0 Å². The molecule has 1 aliphatic carbocycles. The first-order valence-corrected chi connectivity index (χ1v) is 6.39. The fourth-order valence-corrected chi connectivity index (χ4v) is 2.89. The third-order valence-corrected chi connectivity index (χ3v) is 3.85. The molecule has 2 nitrogen and oxygen atoms in total. The number of aryl methyl sites for hydroxylation is 2. The maximum Gasteiger partial charge on any atom is 0.126 e. The van der Waals surface area contributed by atoms with Crippen molar-refractivity contribution >= 4 is 0 Å². The second-order valence-corrected chi connectivity index (χ2v) is 4.91. The van der Waals surface area contributed by atoms with E-state index in [1.165, 1.54) is 48.1 Å². The van der Waals surface area contributed by atoms with Crippen LogP contribution in [0, 0.1) is 0 Å². The summed E-state index contributed by atoms with van der Waals surface area (Å²) in [5.74, 6) is 1.18. The van der Waals surface area contributed by atoms with Gasteiger partial charge in [-0.3, -0.25) is 0 Å². The van der Waals surface area contributed by atoms with Crippen molar-refractivity contribution in [3.05, 3.63) is 28.8 Å². The van der Waals surface area contributed by atoms with Crippen molar-refractivity contribution in [3.8, 4) is 5.75 Å². The van der Waals surface area contributed by atoms with Gasteiger partial charge in [0.2, 0.25) is 0 Å². The van der Waals surface area contributed by atoms with Crippen molar-refractivity contribution in [3.63, 3.8) is 0 Å².